The molecule has 0 fully saturated rings. The fourth-order valence-electron chi connectivity index (χ4n) is 3.37. The molecule has 30 heavy (non-hydrogen) atoms. The molecule has 0 bridgehead atoms. The Kier molecular flexibility index (Phi) is 5.17. The molecule has 0 spiro atoms. The minimum atomic E-state index is -0.116. The van der Waals surface area contributed by atoms with E-state index in [0.717, 1.165) is 27.8 Å². The molecule has 4 aromatic rings. The number of benzene rings is 2. The summed E-state index contributed by atoms with van der Waals surface area (Å²) in [6.45, 7) is 5.47. The molecule has 2 heterocycles. The maximum absolute atomic E-state index is 12.5. The van der Waals surface area contributed by atoms with Crippen LogP contribution in [-0.2, 0) is 4.79 Å². The molecule has 0 aliphatic rings. The Morgan fingerprint density at radius 2 is 1.87 bits per heavy atom. The van der Waals surface area contributed by atoms with Crippen molar-refractivity contribution in [1.82, 2.24) is 15.0 Å². The van der Waals surface area contributed by atoms with E-state index in [2.05, 4.69) is 21.0 Å². The van der Waals surface area contributed by atoms with Crippen molar-refractivity contribution < 1.29 is 4.79 Å². The van der Waals surface area contributed by atoms with E-state index >= 15 is 0 Å². The van der Waals surface area contributed by atoms with Crippen molar-refractivity contribution in [3.05, 3.63) is 70.5 Å². The molecule has 0 unspecified atom stereocenters. The van der Waals surface area contributed by atoms with E-state index in [-0.39, 0.29) is 5.91 Å². The maximum atomic E-state index is 12.5. The second-order valence-electron chi connectivity index (χ2n) is 6.92. The number of aryl methyl sites for hydroxylation is 2. The number of nitriles is 1. The van der Waals surface area contributed by atoms with Gasteiger partial charge in [-0.05, 0) is 43.2 Å². The number of hydrogen-bond donors (Lipinski definition) is 1. The molecule has 6 nitrogen and oxygen atoms in total. The smallest absolute Gasteiger partial charge is 0.230 e. The number of anilines is 2. The molecule has 0 aliphatic carbocycles. The van der Waals surface area contributed by atoms with Crippen molar-refractivity contribution in [3.63, 3.8) is 0 Å². The van der Waals surface area contributed by atoms with Crippen LogP contribution in [0.25, 0.3) is 22.7 Å². The summed E-state index contributed by atoms with van der Waals surface area (Å²) in [7, 11) is 0. The van der Waals surface area contributed by atoms with Crippen molar-refractivity contribution >= 4 is 50.7 Å². The predicted molar refractivity (Wildman–Crippen MR) is 120 cm³/mol. The highest BCUT2D eigenvalue weighted by atomic mass is 32.1. The Morgan fingerprint density at radius 1 is 1.13 bits per heavy atom. The lowest BCUT2D eigenvalue weighted by atomic mass is 10.1. The molecule has 1 amide bonds. The highest BCUT2D eigenvalue weighted by molar-refractivity contribution is 7.14. The van der Waals surface area contributed by atoms with E-state index in [1.165, 1.54) is 18.3 Å². The third-order valence-corrected chi connectivity index (χ3v) is 5.58. The van der Waals surface area contributed by atoms with Gasteiger partial charge in [0.2, 0.25) is 5.91 Å². The summed E-state index contributed by atoms with van der Waals surface area (Å²) in [5, 5.41) is 12.0. The zero-order valence-electron chi connectivity index (χ0n) is 16.8. The normalized spacial score (nSPS) is 11.5. The summed E-state index contributed by atoms with van der Waals surface area (Å²) >= 11 is 1.36. The summed E-state index contributed by atoms with van der Waals surface area (Å²) in [6, 6.07) is 15.7. The number of H-pyrrole nitrogens is 1. The van der Waals surface area contributed by atoms with Gasteiger partial charge < -0.3 is 4.98 Å². The van der Waals surface area contributed by atoms with Crippen LogP contribution in [0.4, 0.5) is 10.8 Å². The van der Waals surface area contributed by atoms with Crippen LogP contribution in [0.2, 0.25) is 0 Å². The van der Waals surface area contributed by atoms with Crippen LogP contribution < -0.4 is 4.90 Å². The number of aromatic nitrogens is 3. The largest absolute Gasteiger partial charge is 0.337 e. The SMILES string of the molecule is CC(=O)N(c1nc(/C=C(\C#N)c2nc3ccccc3[nH]2)cs1)c1c(C)cccc1C. The number of thiazole rings is 1. The zero-order valence-corrected chi connectivity index (χ0v) is 17.6. The molecular formula is C23H19N5OS. The monoisotopic (exact) mass is 413 g/mol. The molecule has 148 valence electrons. The zero-order chi connectivity index (χ0) is 21.3. The summed E-state index contributed by atoms with van der Waals surface area (Å²) in [6.07, 6.45) is 1.68. The molecule has 0 radical (unpaired) electrons. The molecule has 0 atom stereocenters. The molecule has 7 heteroatoms. The van der Waals surface area contributed by atoms with Gasteiger partial charge in [-0.25, -0.2) is 9.97 Å². The fraction of sp³-hybridized carbons (Fsp3) is 0.130. The van der Waals surface area contributed by atoms with Crippen molar-refractivity contribution in [3.8, 4) is 6.07 Å². The highest BCUT2D eigenvalue weighted by Crippen LogP contribution is 2.34. The molecule has 4 rings (SSSR count). The number of carbonyl (C=O) groups is 1. The molecule has 0 aliphatic heterocycles. The molecule has 0 saturated heterocycles. The van der Waals surface area contributed by atoms with Gasteiger partial charge in [-0.15, -0.1) is 11.3 Å². The molecular weight excluding hydrogens is 394 g/mol. The van der Waals surface area contributed by atoms with E-state index in [4.69, 9.17) is 0 Å². The maximum Gasteiger partial charge on any atom is 0.230 e. The van der Waals surface area contributed by atoms with Crippen LogP contribution in [-0.4, -0.2) is 20.9 Å². The van der Waals surface area contributed by atoms with E-state index < -0.39 is 0 Å². The third-order valence-electron chi connectivity index (χ3n) is 4.74. The van der Waals surface area contributed by atoms with Crippen LogP contribution in [0.15, 0.2) is 47.8 Å². The van der Waals surface area contributed by atoms with Gasteiger partial charge in [-0.1, -0.05) is 30.3 Å². The predicted octanol–water partition coefficient (Wildman–Crippen LogP) is 5.39. The summed E-state index contributed by atoms with van der Waals surface area (Å²) < 4.78 is 0. The van der Waals surface area contributed by atoms with Crippen molar-refractivity contribution in [1.29, 1.82) is 5.26 Å². The average molecular weight is 414 g/mol. The van der Waals surface area contributed by atoms with Gasteiger partial charge in [-0.3, -0.25) is 9.69 Å². The van der Waals surface area contributed by atoms with Crippen molar-refractivity contribution in [2.24, 2.45) is 0 Å². The number of amides is 1. The first-order valence-corrected chi connectivity index (χ1v) is 10.2. The lowest BCUT2D eigenvalue weighted by molar-refractivity contribution is -0.115. The van der Waals surface area contributed by atoms with Gasteiger partial charge in [-0.2, -0.15) is 5.26 Å². The van der Waals surface area contributed by atoms with Gasteiger partial charge in [0.1, 0.15) is 11.9 Å². The number of imidazole rings is 1. The van der Waals surface area contributed by atoms with Gasteiger partial charge in [0, 0.05) is 12.3 Å². The van der Waals surface area contributed by atoms with Crippen molar-refractivity contribution in [2.45, 2.75) is 20.8 Å². The molecule has 2 aromatic heterocycles. The number of fused-ring (bicyclic) bond motifs is 1. The highest BCUT2D eigenvalue weighted by Gasteiger charge is 2.21. The van der Waals surface area contributed by atoms with Gasteiger partial charge in [0.25, 0.3) is 0 Å². The first-order valence-electron chi connectivity index (χ1n) is 9.37. The summed E-state index contributed by atoms with van der Waals surface area (Å²) in [5.41, 5.74) is 5.48. The lowest BCUT2D eigenvalue weighted by Crippen LogP contribution is -2.24. The second-order valence-corrected chi connectivity index (χ2v) is 7.76. The summed E-state index contributed by atoms with van der Waals surface area (Å²) in [4.78, 5) is 26.4. The number of hydrogen-bond acceptors (Lipinski definition) is 5. The van der Waals surface area contributed by atoms with Gasteiger partial charge >= 0.3 is 0 Å². The quantitative estimate of drug-likeness (QED) is 0.455. The standard InChI is InChI=1S/C23H19N5OS/c1-14-7-6-8-15(2)21(14)28(16(3)29)23-25-18(13-30-23)11-17(12-24)22-26-19-9-4-5-10-20(19)27-22/h4-11,13H,1-3H3,(H,26,27)/b17-11+. The minimum Gasteiger partial charge on any atom is -0.337 e. The number of nitrogens with zero attached hydrogens (tertiary/aromatic N) is 4. The second kappa shape index (κ2) is 7.93. The number of nitrogens with one attached hydrogen (secondary N) is 1. The molecule has 0 saturated carbocycles. The first-order chi connectivity index (χ1) is 14.5. The third kappa shape index (κ3) is 3.61. The summed E-state index contributed by atoms with van der Waals surface area (Å²) in [5.74, 6) is 0.376. The first kappa shape index (κ1) is 19.6. The molecule has 1 N–H and O–H groups in total. The van der Waals surface area contributed by atoms with E-state index in [9.17, 15) is 10.1 Å². The number of carbonyl (C=O) groups excluding carboxylic acids is 1. The van der Waals surface area contributed by atoms with E-state index in [0.29, 0.717) is 22.2 Å². The molecule has 2 aromatic carbocycles. The lowest BCUT2D eigenvalue weighted by Gasteiger charge is -2.22. The topological polar surface area (TPSA) is 85.7 Å². The van der Waals surface area contributed by atoms with Crippen LogP contribution in [0.3, 0.4) is 0 Å². The van der Waals surface area contributed by atoms with Crippen LogP contribution in [0, 0.1) is 25.2 Å². The van der Waals surface area contributed by atoms with Crippen molar-refractivity contribution in [2.75, 3.05) is 4.90 Å². The Balaban J connectivity index is 1.73. The number of para-hydroxylation sites is 3. The van der Waals surface area contributed by atoms with Crippen LogP contribution in [0.5, 0.6) is 0 Å². The Morgan fingerprint density at radius 3 is 2.53 bits per heavy atom. The Hall–Kier alpha value is -3.76. The average Bonchev–Trinajstić information content (AvgIpc) is 3.35. The van der Waals surface area contributed by atoms with E-state index in [1.54, 1.807) is 11.0 Å². The number of aromatic amines is 1. The van der Waals surface area contributed by atoms with Gasteiger partial charge in [0.15, 0.2) is 5.13 Å². The van der Waals surface area contributed by atoms with Gasteiger partial charge in [0.05, 0.1) is 28.0 Å². The number of rotatable bonds is 4. The number of allylic oxidation sites excluding steroid dienone is 1. The van der Waals surface area contributed by atoms with Crippen LogP contribution >= 0.6 is 11.3 Å². The Labute approximate surface area is 178 Å². The minimum absolute atomic E-state index is 0.116. The fourth-order valence-corrected chi connectivity index (χ4v) is 4.20. The van der Waals surface area contributed by atoms with Crippen LogP contribution in [0.1, 0.15) is 29.6 Å². The Bertz CT molecular complexity index is 1270. The van der Waals surface area contributed by atoms with E-state index in [1.807, 2.05) is 61.7 Å².